The van der Waals surface area contributed by atoms with E-state index in [2.05, 4.69) is 26.6 Å². The van der Waals surface area contributed by atoms with Crippen molar-refractivity contribution in [3.8, 4) is 0 Å². The molecule has 2 aromatic rings. The van der Waals surface area contributed by atoms with Gasteiger partial charge >= 0.3 is 0 Å². The molecule has 4 rings (SSSR count). The molecular formula is C28H37N5O3. The Balaban J connectivity index is 1.09. The zero-order valence-electron chi connectivity index (χ0n) is 20.9. The monoisotopic (exact) mass is 491 g/mol. The third-order valence-electron chi connectivity index (χ3n) is 7.32. The first-order valence-electron chi connectivity index (χ1n) is 13.1. The van der Waals surface area contributed by atoms with Crippen LogP contribution in [0.1, 0.15) is 41.7 Å². The van der Waals surface area contributed by atoms with E-state index in [9.17, 15) is 14.4 Å². The Morgan fingerprint density at radius 1 is 0.861 bits per heavy atom. The average Bonchev–Trinajstić information content (AvgIpc) is 2.95. The molecule has 36 heavy (non-hydrogen) atoms. The summed E-state index contributed by atoms with van der Waals surface area (Å²) in [5.74, 6) is 0.344. The van der Waals surface area contributed by atoms with Gasteiger partial charge in [0.1, 0.15) is 0 Å². The molecule has 1 aliphatic heterocycles. The van der Waals surface area contributed by atoms with Crippen LogP contribution in [0.25, 0.3) is 0 Å². The van der Waals surface area contributed by atoms with Crippen molar-refractivity contribution in [2.45, 2.75) is 32.1 Å². The third-order valence-corrected chi connectivity index (χ3v) is 7.32. The third kappa shape index (κ3) is 7.62. The topological polar surface area (TPSA) is 94.6 Å². The van der Waals surface area contributed by atoms with Gasteiger partial charge in [0.15, 0.2) is 0 Å². The molecular weight excluding hydrogens is 454 g/mol. The molecule has 0 radical (unpaired) electrons. The quantitative estimate of drug-likeness (QED) is 0.560. The number of nitrogens with one attached hydrogen (secondary N) is 2. The second kappa shape index (κ2) is 13.2. The number of hydrogen-bond donors (Lipinski definition) is 2. The normalized spacial score (nSPS) is 20.5. The number of carbonyl (C=O) groups excluding carboxylic acids is 3. The highest BCUT2D eigenvalue weighted by Gasteiger charge is 2.31. The van der Waals surface area contributed by atoms with Gasteiger partial charge in [-0.1, -0.05) is 24.3 Å². The van der Waals surface area contributed by atoms with Gasteiger partial charge in [0.05, 0.1) is 6.54 Å². The highest BCUT2D eigenvalue weighted by Crippen LogP contribution is 2.30. The molecule has 3 amide bonds. The number of hydrogen-bond acceptors (Lipinski definition) is 5. The smallest absolute Gasteiger partial charge is 0.251 e. The molecule has 1 saturated carbocycles. The van der Waals surface area contributed by atoms with Gasteiger partial charge in [-0.25, -0.2) is 0 Å². The number of benzene rings is 1. The van der Waals surface area contributed by atoms with Gasteiger partial charge in [0.25, 0.3) is 5.91 Å². The van der Waals surface area contributed by atoms with E-state index in [4.69, 9.17) is 0 Å². The maximum atomic E-state index is 13.1. The summed E-state index contributed by atoms with van der Waals surface area (Å²) in [6.07, 6.45) is 6.41. The van der Waals surface area contributed by atoms with E-state index in [-0.39, 0.29) is 24.3 Å². The minimum absolute atomic E-state index is 0.0323. The van der Waals surface area contributed by atoms with Crippen LogP contribution in [0.15, 0.2) is 54.7 Å². The number of aromatic nitrogens is 1. The molecule has 0 unspecified atom stereocenters. The van der Waals surface area contributed by atoms with Crippen LogP contribution < -0.4 is 10.6 Å². The van der Waals surface area contributed by atoms with Crippen LogP contribution in [-0.4, -0.2) is 78.3 Å². The molecule has 0 bridgehead atoms. The van der Waals surface area contributed by atoms with Crippen LogP contribution in [0.4, 0.5) is 0 Å². The maximum Gasteiger partial charge on any atom is 0.251 e. The molecule has 8 heteroatoms. The van der Waals surface area contributed by atoms with Crippen LogP contribution in [0, 0.1) is 11.8 Å². The molecule has 1 aromatic heterocycles. The van der Waals surface area contributed by atoms with Crippen LogP contribution >= 0.6 is 0 Å². The number of rotatable bonds is 9. The maximum absolute atomic E-state index is 13.1. The van der Waals surface area contributed by atoms with E-state index in [1.807, 2.05) is 29.3 Å². The minimum Gasteiger partial charge on any atom is -0.354 e. The van der Waals surface area contributed by atoms with Crippen molar-refractivity contribution in [1.82, 2.24) is 25.4 Å². The zero-order valence-corrected chi connectivity index (χ0v) is 20.9. The molecule has 1 aliphatic carbocycles. The molecule has 2 aliphatic rings. The molecule has 2 N–H and O–H groups in total. The lowest BCUT2D eigenvalue weighted by Crippen LogP contribution is -2.51. The molecule has 0 atom stereocenters. The Bertz CT molecular complexity index is 985. The number of pyridine rings is 1. The Hall–Kier alpha value is -3.26. The van der Waals surface area contributed by atoms with E-state index in [0.717, 1.165) is 70.5 Å². The summed E-state index contributed by atoms with van der Waals surface area (Å²) in [6.45, 7) is 4.97. The van der Waals surface area contributed by atoms with Crippen LogP contribution in [-0.2, 0) is 16.0 Å². The van der Waals surface area contributed by atoms with Gasteiger partial charge in [0, 0.05) is 69.1 Å². The van der Waals surface area contributed by atoms with Gasteiger partial charge in [-0.15, -0.1) is 0 Å². The van der Waals surface area contributed by atoms with Crippen molar-refractivity contribution in [2.24, 2.45) is 11.8 Å². The van der Waals surface area contributed by atoms with E-state index in [1.54, 1.807) is 24.3 Å². The Morgan fingerprint density at radius 3 is 2.28 bits per heavy atom. The fourth-order valence-electron chi connectivity index (χ4n) is 5.06. The largest absolute Gasteiger partial charge is 0.354 e. The van der Waals surface area contributed by atoms with Crippen molar-refractivity contribution in [3.63, 3.8) is 0 Å². The minimum atomic E-state index is -0.251. The highest BCUT2D eigenvalue weighted by molar-refractivity contribution is 5.96. The predicted molar refractivity (Wildman–Crippen MR) is 138 cm³/mol. The fourth-order valence-corrected chi connectivity index (χ4v) is 5.06. The number of piperazine rings is 1. The second-order valence-corrected chi connectivity index (χ2v) is 9.81. The van der Waals surface area contributed by atoms with Gasteiger partial charge in [-0.05, 0) is 55.9 Å². The lowest BCUT2D eigenvalue weighted by Gasteiger charge is -2.38. The van der Waals surface area contributed by atoms with E-state index >= 15 is 0 Å². The number of carbonyl (C=O) groups is 3. The molecule has 192 valence electrons. The predicted octanol–water partition coefficient (Wildman–Crippen LogP) is 2.12. The SMILES string of the molecule is O=C(CNC(=O)c1ccccc1)NCC1CCC(C(=O)N2CCN(CCc3ccccn3)CC2)CC1. The average molecular weight is 492 g/mol. The summed E-state index contributed by atoms with van der Waals surface area (Å²) in [5.41, 5.74) is 1.65. The van der Waals surface area contributed by atoms with Crippen molar-refractivity contribution in [2.75, 3.05) is 45.8 Å². The Morgan fingerprint density at radius 2 is 1.58 bits per heavy atom. The first-order valence-corrected chi connectivity index (χ1v) is 13.1. The van der Waals surface area contributed by atoms with Gasteiger partial charge in [0.2, 0.25) is 11.8 Å². The van der Waals surface area contributed by atoms with Crippen molar-refractivity contribution < 1.29 is 14.4 Å². The summed E-state index contributed by atoms with van der Waals surface area (Å²) in [7, 11) is 0. The van der Waals surface area contributed by atoms with Crippen LogP contribution in [0.3, 0.4) is 0 Å². The lowest BCUT2D eigenvalue weighted by atomic mass is 9.81. The summed E-state index contributed by atoms with van der Waals surface area (Å²) in [6, 6.07) is 14.9. The molecule has 1 aromatic carbocycles. The second-order valence-electron chi connectivity index (χ2n) is 9.81. The van der Waals surface area contributed by atoms with Gasteiger partial charge < -0.3 is 15.5 Å². The van der Waals surface area contributed by atoms with E-state index < -0.39 is 0 Å². The van der Waals surface area contributed by atoms with E-state index in [1.165, 1.54) is 0 Å². The fraction of sp³-hybridized carbons (Fsp3) is 0.500. The highest BCUT2D eigenvalue weighted by atomic mass is 16.2. The Kier molecular flexibility index (Phi) is 9.44. The summed E-state index contributed by atoms with van der Waals surface area (Å²) < 4.78 is 0. The van der Waals surface area contributed by atoms with E-state index in [0.29, 0.717) is 23.9 Å². The van der Waals surface area contributed by atoms with Crippen molar-refractivity contribution in [3.05, 3.63) is 66.0 Å². The Labute approximate surface area is 213 Å². The van der Waals surface area contributed by atoms with Gasteiger partial charge in [-0.3, -0.25) is 24.3 Å². The molecule has 8 nitrogen and oxygen atoms in total. The zero-order chi connectivity index (χ0) is 25.2. The lowest BCUT2D eigenvalue weighted by molar-refractivity contribution is -0.138. The molecule has 2 heterocycles. The summed E-state index contributed by atoms with van der Waals surface area (Å²) in [5, 5.41) is 5.59. The van der Waals surface area contributed by atoms with Crippen LogP contribution in [0.5, 0.6) is 0 Å². The standard InChI is InChI=1S/C28H37N5O3/c34-26(21-31-27(35)23-6-2-1-3-7-23)30-20-22-9-11-24(12-10-22)28(36)33-18-16-32(17-19-33)15-13-25-8-4-5-14-29-25/h1-8,14,22,24H,9-13,15-21H2,(H,30,34)(H,31,35). The summed E-state index contributed by atoms with van der Waals surface area (Å²) >= 11 is 0. The van der Waals surface area contributed by atoms with Crippen LogP contribution in [0.2, 0.25) is 0 Å². The number of nitrogens with zero attached hydrogens (tertiary/aromatic N) is 3. The molecule has 0 spiro atoms. The van der Waals surface area contributed by atoms with Crippen molar-refractivity contribution in [1.29, 1.82) is 0 Å². The number of amides is 3. The van der Waals surface area contributed by atoms with Crippen molar-refractivity contribution >= 4 is 17.7 Å². The van der Waals surface area contributed by atoms with Gasteiger partial charge in [-0.2, -0.15) is 0 Å². The molecule has 1 saturated heterocycles. The molecule has 2 fully saturated rings. The summed E-state index contributed by atoms with van der Waals surface area (Å²) in [4.78, 5) is 46.1. The first kappa shape index (κ1) is 25.8. The first-order chi connectivity index (χ1) is 17.6.